The van der Waals surface area contributed by atoms with Gasteiger partial charge in [-0.3, -0.25) is 0 Å². The smallest absolute Gasteiger partial charge is 0.171 e. The Labute approximate surface area is 340 Å². The van der Waals surface area contributed by atoms with Gasteiger partial charge in [-0.25, -0.2) is 0 Å². The molecule has 2 aliphatic rings. The largest absolute Gasteiger partial charge is 0.309 e. The zero-order chi connectivity index (χ0) is 39.1. The molecule has 0 N–H and O–H groups in total. The summed E-state index contributed by atoms with van der Waals surface area (Å²) in [4.78, 5) is 0. The Hall–Kier alpha value is -6.53. The van der Waals surface area contributed by atoms with Gasteiger partial charge in [0.1, 0.15) is 0 Å². The van der Waals surface area contributed by atoms with E-state index in [1.54, 1.807) is 0 Å². The van der Waals surface area contributed by atoms with Gasteiger partial charge in [0.25, 0.3) is 0 Å². The van der Waals surface area contributed by atoms with Gasteiger partial charge >= 0.3 is 0 Å². The summed E-state index contributed by atoms with van der Waals surface area (Å²) in [5.74, 6) is 0. The highest BCUT2D eigenvalue weighted by Crippen LogP contribution is 2.58. The maximum Gasteiger partial charge on any atom is 0.171 e. The topological polar surface area (TPSA) is 17.1 Å². The molecular weight excluding hydrogens is 720 g/mol. The van der Waals surface area contributed by atoms with Crippen molar-refractivity contribution in [2.24, 2.45) is 0 Å². The van der Waals surface area contributed by atoms with Crippen LogP contribution in [0.4, 0.5) is 0 Å². The molecule has 1 nitrogen and oxygen atoms in total. The second kappa shape index (κ2) is 13.0. The SMILES string of the molecule is CC1(C)c2ccc(-c3ccc4c(c3)C(c3ccccc3)(c3ccccc3)c3cc(P(=O)(c5ccccc5)c5ccccc5)ccc3-4)cc2-c2cc3ccccc3cc21. The molecule has 0 aromatic heterocycles. The van der Waals surface area contributed by atoms with Crippen LogP contribution in [-0.4, -0.2) is 0 Å². The van der Waals surface area contributed by atoms with Crippen molar-refractivity contribution in [3.63, 3.8) is 0 Å². The molecule has 276 valence electrons. The van der Waals surface area contributed by atoms with Gasteiger partial charge in [-0.2, -0.15) is 0 Å². The van der Waals surface area contributed by atoms with Gasteiger partial charge in [0.05, 0.1) is 5.41 Å². The minimum atomic E-state index is -3.26. The average Bonchev–Trinajstić information content (AvgIpc) is 3.70. The molecule has 9 aromatic carbocycles. The molecule has 0 radical (unpaired) electrons. The summed E-state index contributed by atoms with van der Waals surface area (Å²) >= 11 is 0. The first-order valence-electron chi connectivity index (χ1n) is 20.2. The molecule has 0 unspecified atom stereocenters. The van der Waals surface area contributed by atoms with Crippen LogP contribution in [0.5, 0.6) is 0 Å². The molecule has 0 saturated carbocycles. The predicted octanol–water partition coefficient (Wildman–Crippen LogP) is 12.8. The van der Waals surface area contributed by atoms with Crippen molar-refractivity contribution in [2.45, 2.75) is 24.7 Å². The van der Waals surface area contributed by atoms with E-state index >= 15 is 4.57 Å². The maximum atomic E-state index is 15.9. The molecule has 0 aliphatic heterocycles. The monoisotopic (exact) mass is 760 g/mol. The average molecular weight is 761 g/mol. The third-order valence-corrected chi connectivity index (χ3v) is 16.1. The summed E-state index contributed by atoms with van der Waals surface area (Å²) in [6, 6.07) is 76.1. The molecule has 0 heterocycles. The van der Waals surface area contributed by atoms with Crippen LogP contribution in [0, 0.1) is 0 Å². The second-order valence-electron chi connectivity index (χ2n) is 16.4. The molecule has 0 spiro atoms. The Balaban J connectivity index is 1.15. The van der Waals surface area contributed by atoms with E-state index in [2.05, 4.69) is 166 Å². The van der Waals surface area contributed by atoms with Crippen molar-refractivity contribution in [1.29, 1.82) is 0 Å². The van der Waals surface area contributed by atoms with Gasteiger partial charge in [-0.1, -0.05) is 196 Å². The van der Waals surface area contributed by atoms with Crippen LogP contribution >= 0.6 is 7.14 Å². The van der Waals surface area contributed by atoms with E-state index in [0.29, 0.717) is 0 Å². The van der Waals surface area contributed by atoms with Crippen molar-refractivity contribution in [3.8, 4) is 33.4 Å². The van der Waals surface area contributed by atoms with Gasteiger partial charge in [-0.15, -0.1) is 0 Å². The molecule has 0 bridgehead atoms. The predicted molar refractivity (Wildman–Crippen MR) is 244 cm³/mol. The third kappa shape index (κ3) is 4.93. The summed E-state index contributed by atoms with van der Waals surface area (Å²) in [5.41, 5.74) is 14.1. The highest BCUT2D eigenvalue weighted by molar-refractivity contribution is 7.85. The van der Waals surface area contributed by atoms with Crippen LogP contribution in [0.15, 0.2) is 212 Å². The van der Waals surface area contributed by atoms with Gasteiger partial charge in [0, 0.05) is 21.3 Å². The minimum absolute atomic E-state index is 0.0980. The first-order chi connectivity index (χ1) is 28.4. The number of hydrogen-bond acceptors (Lipinski definition) is 1. The summed E-state index contributed by atoms with van der Waals surface area (Å²) in [6.07, 6.45) is 0. The zero-order valence-corrected chi connectivity index (χ0v) is 33.5. The van der Waals surface area contributed by atoms with Crippen molar-refractivity contribution in [3.05, 3.63) is 246 Å². The lowest BCUT2D eigenvalue weighted by Gasteiger charge is -2.34. The van der Waals surface area contributed by atoms with Gasteiger partial charge in [0.2, 0.25) is 0 Å². The minimum Gasteiger partial charge on any atom is -0.309 e. The molecule has 0 amide bonds. The van der Waals surface area contributed by atoms with Crippen LogP contribution < -0.4 is 15.9 Å². The van der Waals surface area contributed by atoms with Crippen molar-refractivity contribution in [2.75, 3.05) is 0 Å². The number of rotatable bonds is 6. The van der Waals surface area contributed by atoms with Crippen molar-refractivity contribution in [1.82, 2.24) is 0 Å². The fourth-order valence-corrected chi connectivity index (χ4v) is 12.9. The Morgan fingerprint density at radius 1 is 0.345 bits per heavy atom. The van der Waals surface area contributed by atoms with Gasteiger partial charge in [0.15, 0.2) is 7.14 Å². The summed E-state index contributed by atoms with van der Waals surface area (Å²) in [5, 5.41) is 5.05. The van der Waals surface area contributed by atoms with Gasteiger partial charge in [-0.05, 0) is 108 Å². The first-order valence-corrected chi connectivity index (χ1v) is 21.9. The Kier molecular flexibility index (Phi) is 7.78. The molecule has 58 heavy (non-hydrogen) atoms. The van der Waals surface area contributed by atoms with E-state index in [-0.39, 0.29) is 5.41 Å². The molecule has 2 aliphatic carbocycles. The molecular formula is C56H41OP. The van der Waals surface area contributed by atoms with Crippen LogP contribution in [0.1, 0.15) is 47.2 Å². The number of hydrogen-bond donors (Lipinski definition) is 0. The highest BCUT2D eigenvalue weighted by Gasteiger charge is 2.47. The van der Waals surface area contributed by atoms with Crippen LogP contribution in [0.25, 0.3) is 44.2 Å². The Bertz CT molecular complexity index is 3010. The lowest BCUT2D eigenvalue weighted by molar-refractivity contribution is 0.592. The van der Waals surface area contributed by atoms with E-state index in [0.717, 1.165) is 21.5 Å². The first kappa shape index (κ1) is 34.7. The lowest BCUT2D eigenvalue weighted by Crippen LogP contribution is -2.31. The molecule has 0 saturated heterocycles. The lowest BCUT2D eigenvalue weighted by atomic mass is 9.67. The van der Waals surface area contributed by atoms with Crippen LogP contribution in [0.2, 0.25) is 0 Å². The molecule has 2 heteroatoms. The van der Waals surface area contributed by atoms with E-state index in [9.17, 15) is 0 Å². The molecule has 0 fully saturated rings. The second-order valence-corrected chi connectivity index (χ2v) is 19.2. The molecule has 0 atom stereocenters. The van der Waals surface area contributed by atoms with E-state index in [1.807, 2.05) is 60.7 Å². The fourth-order valence-electron chi connectivity index (χ4n) is 10.2. The zero-order valence-electron chi connectivity index (χ0n) is 32.6. The quantitative estimate of drug-likeness (QED) is 0.154. The van der Waals surface area contributed by atoms with Crippen molar-refractivity contribution < 1.29 is 4.57 Å². The number of fused-ring (bicyclic) bond motifs is 7. The number of benzene rings is 9. The van der Waals surface area contributed by atoms with Crippen LogP contribution in [-0.2, 0) is 15.4 Å². The van der Waals surface area contributed by atoms with Crippen LogP contribution in [0.3, 0.4) is 0 Å². The fraction of sp³-hybridized carbons (Fsp3) is 0.0714. The summed E-state index contributed by atoms with van der Waals surface area (Å²) in [6.45, 7) is 4.71. The molecule has 9 aromatic rings. The maximum absolute atomic E-state index is 15.9. The Morgan fingerprint density at radius 2 is 0.810 bits per heavy atom. The highest BCUT2D eigenvalue weighted by atomic mass is 31.2. The van der Waals surface area contributed by atoms with Crippen molar-refractivity contribution >= 4 is 33.8 Å². The van der Waals surface area contributed by atoms with E-state index in [4.69, 9.17) is 0 Å². The third-order valence-electron chi connectivity index (χ3n) is 13.0. The van der Waals surface area contributed by atoms with E-state index in [1.165, 1.54) is 72.0 Å². The van der Waals surface area contributed by atoms with E-state index < -0.39 is 12.6 Å². The standard InChI is InChI=1S/C56H41OP/c1-55(2)51-32-28-40(34-49(51)50-33-38-17-15-16-18-39(38)35-52(50)55)41-27-30-47-48-31-29-46(58(57,44-23-11-5-12-24-44)45-25-13-6-14-26-45)37-54(48)56(53(47)36-41,42-19-7-3-8-20-42)43-21-9-4-10-22-43/h3-37H,1-2H3. The molecule has 11 rings (SSSR count). The van der Waals surface area contributed by atoms with Gasteiger partial charge < -0.3 is 4.57 Å². The normalized spacial score (nSPS) is 14.4. The summed E-state index contributed by atoms with van der Waals surface area (Å²) < 4.78 is 15.9. The Morgan fingerprint density at radius 3 is 1.41 bits per heavy atom. The summed E-state index contributed by atoms with van der Waals surface area (Å²) in [7, 11) is -3.26.